The fourth-order valence-corrected chi connectivity index (χ4v) is 2.04. The third-order valence-electron chi connectivity index (χ3n) is 3.56. The predicted molar refractivity (Wildman–Crippen MR) is 66.8 cm³/mol. The van der Waals surface area contributed by atoms with Gasteiger partial charge in [0.1, 0.15) is 0 Å². The summed E-state index contributed by atoms with van der Waals surface area (Å²) >= 11 is 0. The molecule has 0 bridgehead atoms. The first kappa shape index (κ1) is 12.9. The van der Waals surface area contributed by atoms with E-state index in [-0.39, 0.29) is 12.6 Å². The summed E-state index contributed by atoms with van der Waals surface area (Å²) in [7, 11) is 1.83. The second-order valence-electron chi connectivity index (χ2n) is 5.10. The van der Waals surface area contributed by atoms with Crippen LogP contribution >= 0.6 is 0 Å². The number of aliphatic hydroxyl groups excluding tert-OH is 1. The molecule has 1 aromatic rings. The van der Waals surface area contributed by atoms with Crippen LogP contribution in [0.5, 0.6) is 0 Å². The van der Waals surface area contributed by atoms with Crippen molar-refractivity contribution in [2.45, 2.75) is 31.8 Å². The monoisotopic (exact) mass is 252 g/mol. The number of urea groups is 1. The van der Waals surface area contributed by atoms with Crippen LogP contribution in [0, 0.1) is 5.92 Å². The maximum Gasteiger partial charge on any atom is 0.315 e. The van der Waals surface area contributed by atoms with E-state index in [2.05, 4.69) is 15.7 Å². The molecular weight excluding hydrogens is 232 g/mol. The molecule has 100 valence electrons. The van der Waals surface area contributed by atoms with Gasteiger partial charge in [0.15, 0.2) is 0 Å². The Balaban J connectivity index is 1.83. The SMILES string of the molecule is Cn1nccc1CNC(=O)NC(C)(CO)C1CC1. The number of amides is 2. The van der Waals surface area contributed by atoms with Gasteiger partial charge in [-0.2, -0.15) is 5.10 Å². The first-order chi connectivity index (χ1) is 8.55. The van der Waals surface area contributed by atoms with Gasteiger partial charge in [-0.15, -0.1) is 0 Å². The van der Waals surface area contributed by atoms with E-state index >= 15 is 0 Å². The molecule has 1 atom stereocenters. The van der Waals surface area contributed by atoms with Crippen molar-refractivity contribution in [1.82, 2.24) is 20.4 Å². The number of nitrogens with zero attached hydrogens (tertiary/aromatic N) is 2. The van der Waals surface area contributed by atoms with Crippen LogP contribution in [0.1, 0.15) is 25.5 Å². The van der Waals surface area contributed by atoms with Crippen molar-refractivity contribution in [3.8, 4) is 0 Å². The summed E-state index contributed by atoms with van der Waals surface area (Å²) in [6.07, 6.45) is 3.83. The van der Waals surface area contributed by atoms with Crippen LogP contribution in [-0.4, -0.2) is 33.1 Å². The average molecular weight is 252 g/mol. The molecular formula is C12H20N4O2. The number of nitrogens with one attached hydrogen (secondary N) is 2. The van der Waals surface area contributed by atoms with Gasteiger partial charge in [-0.3, -0.25) is 4.68 Å². The van der Waals surface area contributed by atoms with Crippen LogP contribution in [0.15, 0.2) is 12.3 Å². The topological polar surface area (TPSA) is 79.2 Å². The van der Waals surface area contributed by atoms with Gasteiger partial charge >= 0.3 is 6.03 Å². The van der Waals surface area contributed by atoms with Crippen LogP contribution in [0.3, 0.4) is 0 Å². The molecule has 0 aliphatic heterocycles. The van der Waals surface area contributed by atoms with Gasteiger partial charge in [-0.05, 0) is 31.7 Å². The molecule has 1 aliphatic carbocycles. The smallest absolute Gasteiger partial charge is 0.315 e. The van der Waals surface area contributed by atoms with Crippen LogP contribution in [0.25, 0.3) is 0 Å². The zero-order chi connectivity index (χ0) is 13.2. The fourth-order valence-electron chi connectivity index (χ4n) is 2.04. The van der Waals surface area contributed by atoms with Crippen molar-refractivity contribution in [3.05, 3.63) is 18.0 Å². The highest BCUT2D eigenvalue weighted by molar-refractivity contribution is 5.74. The molecule has 3 N–H and O–H groups in total. The molecule has 2 rings (SSSR count). The zero-order valence-electron chi connectivity index (χ0n) is 10.8. The molecule has 6 heteroatoms. The molecule has 0 saturated heterocycles. The molecule has 2 amide bonds. The normalized spacial score (nSPS) is 18.2. The van der Waals surface area contributed by atoms with E-state index in [4.69, 9.17) is 0 Å². The van der Waals surface area contributed by atoms with Gasteiger partial charge in [-0.1, -0.05) is 0 Å². The van der Waals surface area contributed by atoms with Gasteiger partial charge in [0.05, 0.1) is 24.4 Å². The molecule has 1 saturated carbocycles. The molecule has 6 nitrogen and oxygen atoms in total. The highest BCUT2D eigenvalue weighted by Gasteiger charge is 2.42. The molecule has 1 aromatic heterocycles. The summed E-state index contributed by atoms with van der Waals surface area (Å²) in [6.45, 7) is 2.28. The lowest BCUT2D eigenvalue weighted by atomic mass is 9.97. The number of aliphatic hydroxyl groups is 1. The van der Waals surface area contributed by atoms with E-state index in [1.54, 1.807) is 10.9 Å². The number of rotatable bonds is 5. The summed E-state index contributed by atoms with van der Waals surface area (Å²) in [4.78, 5) is 11.8. The van der Waals surface area contributed by atoms with Crippen molar-refractivity contribution in [3.63, 3.8) is 0 Å². The molecule has 1 heterocycles. The number of aromatic nitrogens is 2. The summed E-state index contributed by atoms with van der Waals surface area (Å²) in [5.41, 5.74) is 0.429. The maximum atomic E-state index is 11.8. The van der Waals surface area contributed by atoms with Crippen LogP contribution in [0.2, 0.25) is 0 Å². The summed E-state index contributed by atoms with van der Waals surface area (Å²) < 4.78 is 1.71. The van der Waals surface area contributed by atoms with Crippen LogP contribution in [-0.2, 0) is 13.6 Å². The minimum Gasteiger partial charge on any atom is -0.394 e. The van der Waals surface area contributed by atoms with Gasteiger partial charge in [-0.25, -0.2) is 4.79 Å². The van der Waals surface area contributed by atoms with Gasteiger partial charge in [0, 0.05) is 13.2 Å². The van der Waals surface area contributed by atoms with Gasteiger partial charge in [0.25, 0.3) is 0 Å². The van der Waals surface area contributed by atoms with Crippen molar-refractivity contribution < 1.29 is 9.90 Å². The highest BCUT2D eigenvalue weighted by atomic mass is 16.3. The second kappa shape index (κ2) is 4.97. The minimum absolute atomic E-state index is 0.0310. The Kier molecular flexibility index (Phi) is 3.56. The summed E-state index contributed by atoms with van der Waals surface area (Å²) in [6, 6.07) is 1.60. The molecule has 0 spiro atoms. The average Bonchev–Trinajstić information content (AvgIpc) is 3.12. The van der Waals surface area contributed by atoms with Crippen LogP contribution in [0.4, 0.5) is 4.79 Å². The lowest BCUT2D eigenvalue weighted by Crippen LogP contribution is -2.54. The van der Waals surface area contributed by atoms with E-state index in [1.165, 1.54) is 0 Å². The lowest BCUT2D eigenvalue weighted by molar-refractivity contribution is 0.155. The van der Waals surface area contributed by atoms with Crippen molar-refractivity contribution >= 4 is 6.03 Å². The lowest BCUT2D eigenvalue weighted by Gasteiger charge is -2.28. The summed E-state index contributed by atoms with van der Waals surface area (Å²) in [5, 5.41) is 19.0. The fraction of sp³-hybridized carbons (Fsp3) is 0.667. The molecule has 1 aliphatic rings. The van der Waals surface area contributed by atoms with E-state index in [0.29, 0.717) is 12.5 Å². The standard InChI is InChI=1S/C12H20N4O2/c1-12(8-17,9-3-4-9)15-11(18)13-7-10-5-6-14-16(10)2/h5-6,9,17H,3-4,7-8H2,1-2H3,(H2,13,15,18). The van der Waals surface area contributed by atoms with Crippen molar-refractivity contribution in [2.75, 3.05) is 6.61 Å². The van der Waals surface area contributed by atoms with Crippen molar-refractivity contribution in [1.29, 1.82) is 0 Å². The minimum atomic E-state index is -0.503. The third kappa shape index (κ3) is 2.81. The largest absolute Gasteiger partial charge is 0.394 e. The number of carbonyl (C=O) groups excluding carboxylic acids is 1. The third-order valence-corrected chi connectivity index (χ3v) is 3.56. The Morgan fingerprint density at radius 3 is 2.89 bits per heavy atom. The Morgan fingerprint density at radius 1 is 1.67 bits per heavy atom. The van der Waals surface area contributed by atoms with Crippen LogP contribution < -0.4 is 10.6 Å². The van der Waals surface area contributed by atoms with E-state index in [0.717, 1.165) is 18.5 Å². The Morgan fingerprint density at radius 2 is 2.39 bits per heavy atom. The van der Waals surface area contributed by atoms with Gasteiger partial charge < -0.3 is 15.7 Å². The maximum absolute atomic E-state index is 11.8. The number of hydrogen-bond donors (Lipinski definition) is 3. The van der Waals surface area contributed by atoms with E-state index in [1.807, 2.05) is 20.0 Å². The molecule has 18 heavy (non-hydrogen) atoms. The van der Waals surface area contributed by atoms with E-state index < -0.39 is 5.54 Å². The highest BCUT2D eigenvalue weighted by Crippen LogP contribution is 2.39. The first-order valence-electron chi connectivity index (χ1n) is 6.19. The Labute approximate surface area is 106 Å². The Bertz CT molecular complexity index is 427. The van der Waals surface area contributed by atoms with Crippen molar-refractivity contribution in [2.24, 2.45) is 13.0 Å². The Hall–Kier alpha value is -1.56. The molecule has 0 radical (unpaired) electrons. The quantitative estimate of drug-likeness (QED) is 0.709. The van der Waals surface area contributed by atoms with E-state index in [9.17, 15) is 9.90 Å². The molecule has 1 unspecified atom stereocenters. The summed E-state index contributed by atoms with van der Waals surface area (Å²) in [5.74, 6) is 0.393. The van der Waals surface area contributed by atoms with Gasteiger partial charge in [0.2, 0.25) is 0 Å². The molecule has 1 fully saturated rings. The molecule has 0 aromatic carbocycles. The number of hydrogen-bond acceptors (Lipinski definition) is 3. The zero-order valence-corrected chi connectivity index (χ0v) is 10.8. The second-order valence-corrected chi connectivity index (χ2v) is 5.10. The number of carbonyl (C=O) groups is 1. The predicted octanol–water partition coefficient (Wildman–Crippen LogP) is 0.380. The number of aryl methyl sites for hydroxylation is 1. The first-order valence-corrected chi connectivity index (χ1v) is 6.19.